The van der Waals surface area contributed by atoms with Crippen molar-refractivity contribution in [2.45, 2.75) is 13.0 Å². The van der Waals surface area contributed by atoms with E-state index in [0.717, 1.165) is 12.0 Å². The second-order valence-electron chi connectivity index (χ2n) is 4.27. The highest BCUT2D eigenvalue weighted by atomic mass is 32.1. The van der Waals surface area contributed by atoms with Gasteiger partial charge in [0.1, 0.15) is 0 Å². The summed E-state index contributed by atoms with van der Waals surface area (Å²) < 4.78 is 5.55. The van der Waals surface area contributed by atoms with E-state index in [2.05, 4.69) is 5.32 Å². The van der Waals surface area contributed by atoms with E-state index in [1.54, 1.807) is 30.5 Å². The fourth-order valence-electron chi connectivity index (χ4n) is 1.86. The van der Waals surface area contributed by atoms with Gasteiger partial charge in [-0.2, -0.15) is 0 Å². The number of ether oxygens (including phenoxy) is 1. The number of rotatable bonds is 7. The molecule has 0 aliphatic rings. The molecule has 0 amide bonds. The van der Waals surface area contributed by atoms with Gasteiger partial charge >= 0.3 is 5.69 Å². The fourth-order valence-corrected chi connectivity index (χ4v) is 2.55. The second kappa shape index (κ2) is 7.02. The smallest absolute Gasteiger partial charge is 0.311 e. The summed E-state index contributed by atoms with van der Waals surface area (Å²) in [5, 5.41) is 16.1. The van der Waals surface area contributed by atoms with Crippen LogP contribution in [0.25, 0.3) is 0 Å². The van der Waals surface area contributed by atoms with Gasteiger partial charge in [0.05, 0.1) is 11.5 Å². The first-order chi connectivity index (χ1) is 9.70. The summed E-state index contributed by atoms with van der Waals surface area (Å²) in [5.74, 6) is 0.325. The van der Waals surface area contributed by atoms with E-state index < -0.39 is 4.92 Å². The van der Waals surface area contributed by atoms with Crippen molar-refractivity contribution < 1.29 is 9.66 Å². The average Bonchev–Trinajstić information content (AvgIpc) is 2.93. The third-order valence-electron chi connectivity index (χ3n) is 2.79. The molecule has 0 saturated carbocycles. The number of benzene rings is 1. The predicted molar refractivity (Wildman–Crippen MR) is 79.4 cm³/mol. The third kappa shape index (κ3) is 3.79. The molecule has 0 saturated heterocycles. The summed E-state index contributed by atoms with van der Waals surface area (Å²) in [5.41, 5.74) is 0.883. The van der Waals surface area contributed by atoms with Gasteiger partial charge in [0.25, 0.3) is 0 Å². The summed E-state index contributed by atoms with van der Waals surface area (Å²) >= 11 is 1.66. The van der Waals surface area contributed by atoms with Crippen molar-refractivity contribution in [1.82, 2.24) is 5.32 Å². The van der Waals surface area contributed by atoms with Crippen molar-refractivity contribution in [1.29, 1.82) is 0 Å². The van der Waals surface area contributed by atoms with Crippen LogP contribution in [0.3, 0.4) is 0 Å². The van der Waals surface area contributed by atoms with Crippen molar-refractivity contribution in [2.24, 2.45) is 0 Å². The number of hydrogen-bond donors (Lipinski definition) is 1. The molecule has 1 aromatic heterocycles. The Hall–Kier alpha value is -1.92. The molecular weight excluding hydrogens is 276 g/mol. The van der Waals surface area contributed by atoms with E-state index >= 15 is 0 Å². The molecule has 2 aromatic rings. The van der Waals surface area contributed by atoms with Crippen LogP contribution in [0.4, 0.5) is 5.69 Å². The summed E-state index contributed by atoms with van der Waals surface area (Å²) in [7, 11) is 1.80. The first-order valence-corrected chi connectivity index (χ1v) is 7.16. The Morgan fingerprint density at radius 2 is 2.25 bits per heavy atom. The minimum Gasteiger partial charge on any atom is -0.486 e. The van der Waals surface area contributed by atoms with Gasteiger partial charge in [-0.15, -0.1) is 11.3 Å². The molecule has 20 heavy (non-hydrogen) atoms. The summed E-state index contributed by atoms with van der Waals surface area (Å²) in [6.07, 6.45) is 0.757. The molecule has 1 aromatic carbocycles. The largest absolute Gasteiger partial charge is 0.486 e. The maximum atomic E-state index is 11.1. The molecule has 0 spiro atoms. The Morgan fingerprint density at radius 3 is 2.90 bits per heavy atom. The van der Waals surface area contributed by atoms with Crippen molar-refractivity contribution in [3.63, 3.8) is 0 Å². The molecule has 0 bridgehead atoms. The van der Waals surface area contributed by atoms with Crippen LogP contribution < -0.4 is 10.1 Å². The molecule has 1 heterocycles. The van der Waals surface area contributed by atoms with Crippen LogP contribution in [0.15, 0.2) is 35.7 Å². The molecule has 5 nitrogen and oxygen atoms in total. The Balaban J connectivity index is 2.04. The molecule has 0 aliphatic carbocycles. The molecule has 0 aliphatic heterocycles. The number of nitrogens with zero attached hydrogens (tertiary/aromatic N) is 1. The van der Waals surface area contributed by atoms with Crippen LogP contribution >= 0.6 is 11.3 Å². The van der Waals surface area contributed by atoms with Gasteiger partial charge in [-0.1, -0.05) is 12.1 Å². The van der Waals surface area contributed by atoms with Gasteiger partial charge < -0.3 is 10.1 Å². The van der Waals surface area contributed by atoms with E-state index in [1.165, 1.54) is 4.88 Å². The van der Waals surface area contributed by atoms with Crippen LogP contribution in [0, 0.1) is 10.1 Å². The Morgan fingerprint density at radius 1 is 1.40 bits per heavy atom. The first-order valence-electron chi connectivity index (χ1n) is 6.28. The van der Waals surface area contributed by atoms with Crippen molar-refractivity contribution >= 4 is 17.0 Å². The van der Waals surface area contributed by atoms with Crippen LogP contribution in [-0.2, 0) is 13.0 Å². The monoisotopic (exact) mass is 292 g/mol. The Kier molecular flexibility index (Phi) is 5.09. The molecule has 0 fully saturated rings. The number of hydrogen-bond acceptors (Lipinski definition) is 5. The van der Waals surface area contributed by atoms with Gasteiger partial charge in [0, 0.05) is 23.9 Å². The molecule has 106 valence electrons. The molecule has 0 atom stereocenters. The maximum absolute atomic E-state index is 11.1. The van der Waals surface area contributed by atoms with Crippen LogP contribution in [0.2, 0.25) is 0 Å². The highest BCUT2D eigenvalue weighted by molar-refractivity contribution is 7.09. The van der Waals surface area contributed by atoms with Crippen LogP contribution in [0.1, 0.15) is 10.4 Å². The number of nitro groups is 1. The van der Waals surface area contributed by atoms with Gasteiger partial charge in [-0.3, -0.25) is 10.1 Å². The summed E-state index contributed by atoms with van der Waals surface area (Å²) in [6, 6.07) is 9.06. The lowest BCUT2D eigenvalue weighted by Gasteiger charge is -2.07. The van der Waals surface area contributed by atoms with Crippen LogP contribution in [-0.4, -0.2) is 18.6 Å². The standard InChI is InChI=1S/C14H16N2O3S/c1-15-10-11-4-5-14(13(9-11)16(17)18)19-7-6-12-3-2-8-20-12/h2-5,8-9,15H,6-7,10H2,1H3. The molecule has 0 radical (unpaired) electrons. The molecule has 2 rings (SSSR count). The van der Waals surface area contributed by atoms with E-state index in [0.29, 0.717) is 18.9 Å². The molecule has 6 heteroatoms. The first kappa shape index (κ1) is 14.5. The third-order valence-corrected chi connectivity index (χ3v) is 3.72. The molecule has 0 unspecified atom stereocenters. The SMILES string of the molecule is CNCc1ccc(OCCc2cccs2)c([N+](=O)[O-])c1. The highest BCUT2D eigenvalue weighted by Crippen LogP contribution is 2.28. The highest BCUT2D eigenvalue weighted by Gasteiger charge is 2.15. The predicted octanol–water partition coefficient (Wildman–Crippen LogP) is 3.00. The molecule has 1 N–H and O–H groups in total. The van der Waals surface area contributed by atoms with Crippen LogP contribution in [0.5, 0.6) is 5.75 Å². The van der Waals surface area contributed by atoms with E-state index in [1.807, 2.05) is 23.6 Å². The van der Waals surface area contributed by atoms with E-state index in [4.69, 9.17) is 4.74 Å². The second-order valence-corrected chi connectivity index (χ2v) is 5.30. The number of thiophene rings is 1. The number of nitro benzene ring substituents is 1. The summed E-state index contributed by atoms with van der Waals surface area (Å²) in [6.45, 7) is 1.03. The summed E-state index contributed by atoms with van der Waals surface area (Å²) in [4.78, 5) is 11.9. The van der Waals surface area contributed by atoms with Gasteiger partial charge in [-0.25, -0.2) is 0 Å². The zero-order valence-electron chi connectivity index (χ0n) is 11.2. The minimum atomic E-state index is -0.403. The van der Waals surface area contributed by atoms with Crippen molar-refractivity contribution in [3.05, 3.63) is 56.3 Å². The normalized spacial score (nSPS) is 10.4. The van der Waals surface area contributed by atoms with Gasteiger partial charge in [0.2, 0.25) is 0 Å². The maximum Gasteiger partial charge on any atom is 0.311 e. The van der Waals surface area contributed by atoms with Crippen molar-refractivity contribution in [3.8, 4) is 5.75 Å². The van der Waals surface area contributed by atoms with E-state index in [-0.39, 0.29) is 5.69 Å². The number of nitrogens with one attached hydrogen (secondary N) is 1. The Labute approximate surface area is 121 Å². The zero-order chi connectivity index (χ0) is 14.4. The van der Waals surface area contributed by atoms with Gasteiger partial charge in [0.15, 0.2) is 5.75 Å². The lowest BCUT2D eigenvalue weighted by molar-refractivity contribution is -0.385. The fraction of sp³-hybridized carbons (Fsp3) is 0.286. The lowest BCUT2D eigenvalue weighted by atomic mass is 10.2. The van der Waals surface area contributed by atoms with Crippen molar-refractivity contribution in [2.75, 3.05) is 13.7 Å². The Bertz CT molecular complexity index is 570. The minimum absolute atomic E-state index is 0.0175. The van der Waals surface area contributed by atoms with E-state index in [9.17, 15) is 10.1 Å². The molecular formula is C14H16N2O3S. The zero-order valence-corrected chi connectivity index (χ0v) is 12.0. The lowest BCUT2D eigenvalue weighted by Crippen LogP contribution is -2.07. The van der Waals surface area contributed by atoms with Gasteiger partial charge in [-0.05, 0) is 30.1 Å². The topological polar surface area (TPSA) is 64.4 Å². The average molecular weight is 292 g/mol. The quantitative estimate of drug-likeness (QED) is 0.629.